The summed E-state index contributed by atoms with van der Waals surface area (Å²) < 4.78 is 1.49. The van der Waals surface area contributed by atoms with Crippen LogP contribution in [0.4, 0.5) is 5.69 Å². The zero-order chi connectivity index (χ0) is 12.4. The van der Waals surface area contributed by atoms with E-state index in [1.54, 1.807) is 6.92 Å². The number of nitro groups is 1. The number of hydrogen-bond donors (Lipinski definition) is 1. The monoisotopic (exact) mass is 238 g/mol. The molecule has 1 aromatic rings. The summed E-state index contributed by atoms with van der Waals surface area (Å²) in [6.07, 6.45) is 3.63. The van der Waals surface area contributed by atoms with E-state index in [1.165, 1.54) is 10.9 Å². The highest BCUT2D eigenvalue weighted by atomic mass is 16.6. The fourth-order valence-electron chi connectivity index (χ4n) is 1.58. The topological polar surface area (TPSA) is 90.1 Å². The summed E-state index contributed by atoms with van der Waals surface area (Å²) in [5.74, 6) is -0.0231. The van der Waals surface area contributed by atoms with Gasteiger partial charge in [0.15, 0.2) is 0 Å². The number of carbonyl (C=O) groups excluding carboxylic acids is 1. The van der Waals surface area contributed by atoms with Gasteiger partial charge in [-0.25, -0.2) is 0 Å². The van der Waals surface area contributed by atoms with Crippen LogP contribution in [0.2, 0.25) is 0 Å². The quantitative estimate of drug-likeness (QED) is 0.606. The molecule has 17 heavy (non-hydrogen) atoms. The Hall–Kier alpha value is -1.92. The third-order valence-electron chi connectivity index (χ3n) is 2.77. The van der Waals surface area contributed by atoms with E-state index in [0.29, 0.717) is 24.7 Å². The summed E-state index contributed by atoms with van der Waals surface area (Å²) >= 11 is 0. The molecule has 1 aliphatic carbocycles. The maximum atomic E-state index is 11.4. The van der Waals surface area contributed by atoms with Gasteiger partial charge in [-0.1, -0.05) is 0 Å². The zero-order valence-electron chi connectivity index (χ0n) is 9.55. The normalized spacial score (nSPS) is 14.6. The highest BCUT2D eigenvalue weighted by molar-refractivity contribution is 5.76. The number of nitrogens with one attached hydrogen (secondary N) is 1. The summed E-state index contributed by atoms with van der Waals surface area (Å²) in [6.45, 7) is 2.00. The summed E-state index contributed by atoms with van der Waals surface area (Å²) in [5, 5.41) is 17.4. The van der Waals surface area contributed by atoms with E-state index in [4.69, 9.17) is 0 Å². The Labute approximate surface area is 98.0 Å². The molecule has 1 amide bonds. The van der Waals surface area contributed by atoms with Crippen molar-refractivity contribution >= 4 is 11.6 Å². The first-order chi connectivity index (χ1) is 8.08. The van der Waals surface area contributed by atoms with Crippen LogP contribution in [0.15, 0.2) is 6.20 Å². The number of rotatable bonds is 5. The van der Waals surface area contributed by atoms with E-state index < -0.39 is 4.92 Å². The molecule has 1 saturated carbocycles. The molecule has 7 heteroatoms. The predicted octanol–water partition coefficient (Wildman–Crippen LogP) is 0.768. The third-order valence-corrected chi connectivity index (χ3v) is 2.77. The van der Waals surface area contributed by atoms with Gasteiger partial charge in [0, 0.05) is 12.5 Å². The van der Waals surface area contributed by atoms with Gasteiger partial charge in [0.25, 0.3) is 0 Å². The number of aromatic nitrogens is 2. The molecule has 0 bridgehead atoms. The van der Waals surface area contributed by atoms with Crippen LogP contribution in [0.3, 0.4) is 0 Å². The van der Waals surface area contributed by atoms with E-state index >= 15 is 0 Å². The number of amides is 1. The first-order valence-electron chi connectivity index (χ1n) is 5.54. The molecule has 1 heterocycles. The van der Waals surface area contributed by atoms with Gasteiger partial charge >= 0.3 is 5.69 Å². The molecule has 2 rings (SSSR count). The van der Waals surface area contributed by atoms with Crippen LogP contribution in [0.5, 0.6) is 0 Å². The smallest absolute Gasteiger partial charge is 0.309 e. The van der Waals surface area contributed by atoms with E-state index in [2.05, 4.69) is 10.4 Å². The Morgan fingerprint density at radius 2 is 2.41 bits per heavy atom. The minimum Gasteiger partial charge on any atom is -0.353 e. The lowest BCUT2D eigenvalue weighted by Gasteiger charge is -2.04. The molecule has 0 saturated heterocycles. The average molecular weight is 238 g/mol. The van der Waals surface area contributed by atoms with Crippen LogP contribution < -0.4 is 5.32 Å². The fourth-order valence-corrected chi connectivity index (χ4v) is 1.58. The Morgan fingerprint density at radius 1 is 1.71 bits per heavy atom. The van der Waals surface area contributed by atoms with Gasteiger partial charge in [-0.3, -0.25) is 19.6 Å². The van der Waals surface area contributed by atoms with Crippen molar-refractivity contribution in [3.8, 4) is 0 Å². The Balaban J connectivity index is 1.89. The first kappa shape index (κ1) is 11.6. The molecule has 1 fully saturated rings. The molecule has 0 aromatic carbocycles. The highest BCUT2D eigenvalue weighted by Crippen LogP contribution is 2.19. The lowest BCUT2D eigenvalue weighted by atomic mass is 10.3. The van der Waals surface area contributed by atoms with Crippen LogP contribution in [-0.4, -0.2) is 26.7 Å². The number of carbonyl (C=O) groups is 1. The van der Waals surface area contributed by atoms with Gasteiger partial charge in [0.05, 0.1) is 11.5 Å². The summed E-state index contributed by atoms with van der Waals surface area (Å²) in [7, 11) is 0. The van der Waals surface area contributed by atoms with Crippen molar-refractivity contribution in [2.45, 2.75) is 38.8 Å². The average Bonchev–Trinajstić information content (AvgIpc) is 2.98. The second kappa shape index (κ2) is 4.52. The maximum absolute atomic E-state index is 11.4. The lowest BCUT2D eigenvalue weighted by molar-refractivity contribution is -0.385. The number of nitrogens with zero attached hydrogens (tertiary/aromatic N) is 3. The summed E-state index contributed by atoms with van der Waals surface area (Å²) in [4.78, 5) is 21.6. The lowest BCUT2D eigenvalue weighted by Crippen LogP contribution is -2.26. The molecule has 0 spiro atoms. The molecular weight excluding hydrogens is 224 g/mol. The molecule has 1 aromatic heterocycles. The van der Waals surface area contributed by atoms with Crippen LogP contribution in [0, 0.1) is 17.0 Å². The van der Waals surface area contributed by atoms with Gasteiger partial charge in [0.2, 0.25) is 5.91 Å². The Morgan fingerprint density at radius 3 is 2.94 bits per heavy atom. The van der Waals surface area contributed by atoms with Crippen molar-refractivity contribution in [2.24, 2.45) is 0 Å². The first-order valence-corrected chi connectivity index (χ1v) is 5.54. The largest absolute Gasteiger partial charge is 0.353 e. The van der Waals surface area contributed by atoms with Gasteiger partial charge in [0.1, 0.15) is 11.9 Å². The number of hydrogen-bond acceptors (Lipinski definition) is 4. The Kier molecular flexibility index (Phi) is 3.08. The predicted molar refractivity (Wildman–Crippen MR) is 59.4 cm³/mol. The molecule has 1 N–H and O–H groups in total. The van der Waals surface area contributed by atoms with E-state index in [0.717, 1.165) is 12.8 Å². The van der Waals surface area contributed by atoms with Gasteiger partial charge in [-0.15, -0.1) is 0 Å². The van der Waals surface area contributed by atoms with Crippen molar-refractivity contribution in [1.82, 2.24) is 15.1 Å². The van der Waals surface area contributed by atoms with Crippen LogP contribution >= 0.6 is 0 Å². The minimum atomic E-state index is -0.469. The van der Waals surface area contributed by atoms with E-state index in [-0.39, 0.29) is 11.6 Å². The van der Waals surface area contributed by atoms with E-state index in [9.17, 15) is 14.9 Å². The molecule has 7 nitrogen and oxygen atoms in total. The third kappa shape index (κ3) is 2.80. The van der Waals surface area contributed by atoms with E-state index in [1.807, 2.05) is 0 Å². The van der Waals surface area contributed by atoms with Crippen molar-refractivity contribution in [3.63, 3.8) is 0 Å². The molecular formula is C10H14N4O3. The minimum absolute atomic E-state index is 0.00685. The highest BCUT2D eigenvalue weighted by Gasteiger charge is 2.23. The molecule has 92 valence electrons. The van der Waals surface area contributed by atoms with Crippen molar-refractivity contribution < 1.29 is 9.72 Å². The maximum Gasteiger partial charge on any atom is 0.309 e. The van der Waals surface area contributed by atoms with Crippen LogP contribution in [0.25, 0.3) is 0 Å². The van der Waals surface area contributed by atoms with Crippen molar-refractivity contribution in [1.29, 1.82) is 0 Å². The van der Waals surface area contributed by atoms with Crippen LogP contribution in [-0.2, 0) is 11.3 Å². The van der Waals surface area contributed by atoms with Crippen molar-refractivity contribution in [3.05, 3.63) is 22.0 Å². The van der Waals surface area contributed by atoms with Crippen LogP contribution in [0.1, 0.15) is 25.0 Å². The summed E-state index contributed by atoms with van der Waals surface area (Å²) in [5.41, 5.74) is 0.474. The molecule has 1 aliphatic rings. The van der Waals surface area contributed by atoms with Gasteiger partial charge in [-0.2, -0.15) is 5.10 Å². The zero-order valence-corrected chi connectivity index (χ0v) is 9.55. The summed E-state index contributed by atoms with van der Waals surface area (Å²) in [6, 6.07) is 0.343. The molecule has 0 aliphatic heterocycles. The fraction of sp³-hybridized carbons (Fsp3) is 0.600. The molecule has 0 unspecified atom stereocenters. The van der Waals surface area contributed by atoms with Gasteiger partial charge in [-0.05, 0) is 19.8 Å². The second-order valence-corrected chi connectivity index (χ2v) is 4.19. The number of aryl methyl sites for hydroxylation is 1. The molecule has 0 radical (unpaired) electrons. The SMILES string of the molecule is Cc1c([N+](=O)[O-])cnn1CCC(=O)NC1CC1. The van der Waals surface area contributed by atoms with Gasteiger partial charge < -0.3 is 5.32 Å². The Bertz CT molecular complexity index is 450. The standard InChI is InChI=1S/C10H14N4O3/c1-7-9(14(16)17)6-11-13(7)5-4-10(15)12-8-2-3-8/h6,8H,2-5H2,1H3,(H,12,15). The second-order valence-electron chi connectivity index (χ2n) is 4.19. The molecule has 0 atom stereocenters. The van der Waals surface area contributed by atoms with Crippen molar-refractivity contribution in [2.75, 3.05) is 0 Å².